The number of hydrogen-bond acceptors (Lipinski definition) is 3. The summed E-state index contributed by atoms with van der Waals surface area (Å²) in [6.45, 7) is 5.69. The SMILES string of the molecule is CC/C=C(/NC1=C(C)CCN(C2C(=O)Nc3cccc(Cl)c32)C1)c1ccccc1Cl. The Morgan fingerprint density at radius 2 is 1.97 bits per heavy atom. The van der Waals surface area contributed by atoms with Gasteiger partial charge < -0.3 is 10.6 Å². The van der Waals surface area contributed by atoms with Crippen LogP contribution in [0.25, 0.3) is 5.70 Å². The molecule has 0 aromatic heterocycles. The van der Waals surface area contributed by atoms with Crippen LogP contribution in [0.2, 0.25) is 10.0 Å². The van der Waals surface area contributed by atoms with Crippen molar-refractivity contribution in [3.8, 4) is 0 Å². The average Bonchev–Trinajstić information content (AvgIpc) is 3.07. The Labute approximate surface area is 187 Å². The molecule has 0 saturated heterocycles. The van der Waals surface area contributed by atoms with Crippen LogP contribution in [0, 0.1) is 0 Å². The lowest BCUT2D eigenvalue weighted by atomic mass is 10.0. The number of carbonyl (C=O) groups excluding carboxylic acids is 1. The van der Waals surface area contributed by atoms with Gasteiger partial charge in [-0.15, -0.1) is 0 Å². The zero-order valence-electron chi connectivity index (χ0n) is 17.1. The van der Waals surface area contributed by atoms with Gasteiger partial charge in [-0.05, 0) is 38.0 Å². The molecule has 0 spiro atoms. The first-order valence-corrected chi connectivity index (χ1v) is 11.0. The van der Waals surface area contributed by atoms with E-state index in [0.717, 1.165) is 47.6 Å². The minimum atomic E-state index is -0.377. The maximum atomic E-state index is 12.8. The van der Waals surface area contributed by atoms with Crippen LogP contribution in [0.5, 0.6) is 0 Å². The van der Waals surface area contributed by atoms with Crippen LogP contribution in [-0.4, -0.2) is 23.9 Å². The Hall–Kier alpha value is -2.27. The summed E-state index contributed by atoms with van der Waals surface area (Å²) in [6.07, 6.45) is 3.92. The molecule has 1 atom stereocenters. The van der Waals surface area contributed by atoms with Gasteiger partial charge in [-0.25, -0.2) is 0 Å². The van der Waals surface area contributed by atoms with Gasteiger partial charge in [-0.3, -0.25) is 9.69 Å². The molecule has 6 heteroatoms. The van der Waals surface area contributed by atoms with Crippen LogP contribution in [-0.2, 0) is 4.79 Å². The summed E-state index contributed by atoms with van der Waals surface area (Å²) in [6, 6.07) is 13.1. The highest BCUT2D eigenvalue weighted by Crippen LogP contribution is 2.41. The van der Waals surface area contributed by atoms with Crippen molar-refractivity contribution in [2.24, 2.45) is 0 Å². The van der Waals surface area contributed by atoms with Crippen molar-refractivity contribution in [1.29, 1.82) is 0 Å². The predicted octanol–water partition coefficient (Wildman–Crippen LogP) is 6.01. The molecule has 4 rings (SSSR count). The van der Waals surface area contributed by atoms with Crippen LogP contribution in [0.4, 0.5) is 5.69 Å². The number of halogens is 2. The van der Waals surface area contributed by atoms with Crippen LogP contribution in [0.1, 0.15) is 43.9 Å². The molecule has 0 saturated carbocycles. The fourth-order valence-electron chi connectivity index (χ4n) is 4.13. The molecule has 2 aromatic rings. The molecule has 2 aliphatic rings. The summed E-state index contributed by atoms with van der Waals surface area (Å²) < 4.78 is 0. The summed E-state index contributed by atoms with van der Waals surface area (Å²) in [5.41, 5.74) is 6.05. The Morgan fingerprint density at radius 1 is 1.20 bits per heavy atom. The van der Waals surface area contributed by atoms with Gasteiger partial charge >= 0.3 is 0 Å². The maximum Gasteiger partial charge on any atom is 0.246 e. The second kappa shape index (κ2) is 8.84. The number of fused-ring (bicyclic) bond motifs is 1. The zero-order chi connectivity index (χ0) is 21.3. The van der Waals surface area contributed by atoms with E-state index in [0.29, 0.717) is 16.6 Å². The number of amides is 1. The van der Waals surface area contributed by atoms with Crippen molar-refractivity contribution in [3.63, 3.8) is 0 Å². The Balaban J connectivity index is 1.61. The minimum Gasteiger partial charge on any atom is -0.358 e. The molecule has 2 aliphatic heterocycles. The molecular weight excluding hydrogens is 417 g/mol. The van der Waals surface area contributed by atoms with E-state index in [-0.39, 0.29) is 11.9 Å². The standard InChI is InChI=1S/C24H25Cl2N3O/c1-3-7-19(16-8-4-5-9-17(16)25)27-21-14-29(13-12-15(21)2)23-22-18(26)10-6-11-20(22)28-24(23)30/h4-11,23,27H,3,12-14H2,1-2H3,(H,28,30)/b19-7+. The molecule has 0 aliphatic carbocycles. The van der Waals surface area contributed by atoms with Gasteiger partial charge in [-0.2, -0.15) is 0 Å². The largest absolute Gasteiger partial charge is 0.358 e. The van der Waals surface area contributed by atoms with E-state index in [9.17, 15) is 4.79 Å². The summed E-state index contributed by atoms with van der Waals surface area (Å²) in [5, 5.41) is 7.93. The first-order chi connectivity index (χ1) is 14.5. The van der Waals surface area contributed by atoms with Crippen molar-refractivity contribution in [2.75, 3.05) is 18.4 Å². The number of benzene rings is 2. The van der Waals surface area contributed by atoms with Gasteiger partial charge in [-0.1, -0.05) is 66.0 Å². The number of anilines is 1. The van der Waals surface area contributed by atoms with Crippen molar-refractivity contribution in [3.05, 3.63) is 81.0 Å². The van der Waals surface area contributed by atoms with Crippen molar-refractivity contribution < 1.29 is 4.79 Å². The molecule has 2 aromatic carbocycles. The normalized spacial score (nSPS) is 19.7. The summed E-state index contributed by atoms with van der Waals surface area (Å²) in [5.74, 6) is -0.0209. The van der Waals surface area contributed by atoms with Crippen molar-refractivity contribution in [2.45, 2.75) is 32.7 Å². The van der Waals surface area contributed by atoms with E-state index in [4.69, 9.17) is 23.2 Å². The highest BCUT2D eigenvalue weighted by molar-refractivity contribution is 6.33. The van der Waals surface area contributed by atoms with Gasteiger partial charge in [0.1, 0.15) is 6.04 Å². The third kappa shape index (κ3) is 4.00. The fourth-order valence-corrected chi connectivity index (χ4v) is 4.64. The third-order valence-electron chi connectivity index (χ3n) is 5.71. The molecule has 2 heterocycles. The highest BCUT2D eigenvalue weighted by Gasteiger charge is 2.38. The van der Waals surface area contributed by atoms with E-state index in [2.05, 4.69) is 35.5 Å². The van der Waals surface area contributed by atoms with Crippen LogP contribution < -0.4 is 10.6 Å². The molecule has 1 unspecified atom stereocenters. The fraction of sp³-hybridized carbons (Fsp3) is 0.292. The van der Waals surface area contributed by atoms with E-state index in [1.165, 1.54) is 5.57 Å². The number of carbonyl (C=O) groups is 1. The predicted molar refractivity (Wildman–Crippen MR) is 125 cm³/mol. The minimum absolute atomic E-state index is 0.0209. The molecule has 0 bridgehead atoms. The lowest BCUT2D eigenvalue weighted by Gasteiger charge is -2.34. The topological polar surface area (TPSA) is 44.4 Å². The maximum absolute atomic E-state index is 12.8. The average molecular weight is 442 g/mol. The quantitative estimate of drug-likeness (QED) is 0.596. The van der Waals surface area contributed by atoms with E-state index in [1.54, 1.807) is 0 Å². The number of rotatable bonds is 5. The van der Waals surface area contributed by atoms with E-state index >= 15 is 0 Å². The van der Waals surface area contributed by atoms with Crippen LogP contribution in [0.15, 0.2) is 59.8 Å². The Bertz CT molecular complexity index is 1040. The molecule has 156 valence electrons. The van der Waals surface area contributed by atoms with Crippen molar-refractivity contribution in [1.82, 2.24) is 10.2 Å². The second-order valence-electron chi connectivity index (χ2n) is 7.70. The number of nitrogens with one attached hydrogen (secondary N) is 2. The van der Waals surface area contributed by atoms with E-state index in [1.807, 2.05) is 42.5 Å². The number of nitrogens with zero attached hydrogens (tertiary/aromatic N) is 1. The molecule has 4 nitrogen and oxygen atoms in total. The molecular formula is C24H25Cl2N3O. The number of hydrogen-bond donors (Lipinski definition) is 2. The lowest BCUT2D eigenvalue weighted by molar-refractivity contribution is -0.120. The molecule has 2 N–H and O–H groups in total. The van der Waals surface area contributed by atoms with Gasteiger partial charge in [0.15, 0.2) is 0 Å². The zero-order valence-corrected chi connectivity index (χ0v) is 18.6. The number of allylic oxidation sites excluding steroid dienone is 1. The van der Waals surface area contributed by atoms with Crippen molar-refractivity contribution >= 4 is 40.5 Å². The molecule has 0 radical (unpaired) electrons. The highest BCUT2D eigenvalue weighted by atomic mass is 35.5. The Morgan fingerprint density at radius 3 is 2.73 bits per heavy atom. The van der Waals surface area contributed by atoms with Gasteiger partial charge in [0, 0.05) is 51.3 Å². The van der Waals surface area contributed by atoms with Gasteiger partial charge in [0.25, 0.3) is 0 Å². The summed E-state index contributed by atoms with van der Waals surface area (Å²) in [4.78, 5) is 15.0. The van der Waals surface area contributed by atoms with Crippen LogP contribution in [0.3, 0.4) is 0 Å². The third-order valence-corrected chi connectivity index (χ3v) is 6.37. The van der Waals surface area contributed by atoms with Crippen LogP contribution >= 0.6 is 23.2 Å². The first kappa shape index (κ1) is 21.0. The second-order valence-corrected chi connectivity index (χ2v) is 8.52. The summed E-state index contributed by atoms with van der Waals surface area (Å²) in [7, 11) is 0. The van der Waals surface area contributed by atoms with E-state index < -0.39 is 0 Å². The molecule has 30 heavy (non-hydrogen) atoms. The lowest BCUT2D eigenvalue weighted by Crippen LogP contribution is -2.40. The summed E-state index contributed by atoms with van der Waals surface area (Å²) >= 11 is 12.9. The van der Waals surface area contributed by atoms with Gasteiger partial charge in [0.2, 0.25) is 5.91 Å². The Kier molecular flexibility index (Phi) is 6.19. The van der Waals surface area contributed by atoms with Gasteiger partial charge in [0.05, 0.1) is 0 Å². The molecule has 0 fully saturated rings. The smallest absolute Gasteiger partial charge is 0.246 e. The first-order valence-electron chi connectivity index (χ1n) is 10.2. The molecule has 1 amide bonds. The monoisotopic (exact) mass is 441 g/mol.